The number of benzene rings is 1. The average Bonchev–Trinajstić information content (AvgIpc) is 3.06. The Morgan fingerprint density at radius 2 is 2.00 bits per heavy atom. The summed E-state index contributed by atoms with van der Waals surface area (Å²) in [5.41, 5.74) is 5.23. The Hall–Kier alpha value is -3.07. The van der Waals surface area contributed by atoms with Crippen molar-refractivity contribution in [2.45, 2.75) is 24.9 Å². The van der Waals surface area contributed by atoms with Gasteiger partial charge in [-0.25, -0.2) is 8.78 Å². The number of amides is 2. The highest BCUT2D eigenvalue weighted by molar-refractivity contribution is 5.93. The van der Waals surface area contributed by atoms with Gasteiger partial charge in [0.25, 0.3) is 5.56 Å². The second-order valence-electron chi connectivity index (χ2n) is 6.60. The summed E-state index contributed by atoms with van der Waals surface area (Å²) in [7, 11) is 0. The van der Waals surface area contributed by atoms with E-state index in [1.807, 2.05) is 0 Å². The fourth-order valence-electron chi connectivity index (χ4n) is 3.40. The van der Waals surface area contributed by atoms with Crippen LogP contribution in [0.2, 0.25) is 0 Å². The van der Waals surface area contributed by atoms with E-state index >= 15 is 0 Å². The zero-order valence-electron chi connectivity index (χ0n) is 15.0. The first kappa shape index (κ1) is 19.7. The Kier molecular flexibility index (Phi) is 5.84. The molecule has 0 aliphatic carbocycles. The summed E-state index contributed by atoms with van der Waals surface area (Å²) < 4.78 is 28.8. The maximum atomic E-state index is 14.4. The highest BCUT2D eigenvalue weighted by Gasteiger charge is 2.37. The number of nitrogens with zero attached hydrogens (tertiary/aromatic N) is 2. The molecule has 148 valence electrons. The van der Waals surface area contributed by atoms with Crippen LogP contribution in [0.3, 0.4) is 0 Å². The maximum absolute atomic E-state index is 14.4. The maximum Gasteiger partial charge on any atom is 0.255 e. The number of alkyl halides is 1. The Labute approximate surface area is 159 Å². The zero-order valence-corrected chi connectivity index (χ0v) is 15.0. The summed E-state index contributed by atoms with van der Waals surface area (Å²) in [6.45, 7) is -0.979. The predicted octanol–water partition coefficient (Wildman–Crippen LogP) is 1.20. The Balaban J connectivity index is 1.73. The van der Waals surface area contributed by atoms with Crippen LogP contribution in [0.1, 0.15) is 12.8 Å². The summed E-state index contributed by atoms with van der Waals surface area (Å²) in [6.07, 6.45) is 2.31. The summed E-state index contributed by atoms with van der Waals surface area (Å²) in [4.78, 5) is 37.1. The molecule has 9 heteroatoms. The number of likely N-dealkylation sites (tertiary alicyclic amines) is 1. The molecule has 2 amide bonds. The van der Waals surface area contributed by atoms with Crippen LogP contribution < -0.4 is 16.6 Å². The monoisotopic (exact) mass is 390 g/mol. The molecule has 3 N–H and O–H groups in total. The topological polar surface area (TPSA) is 97.4 Å². The first-order valence-corrected chi connectivity index (χ1v) is 8.79. The molecule has 28 heavy (non-hydrogen) atoms. The van der Waals surface area contributed by atoms with Crippen molar-refractivity contribution in [3.8, 4) is 5.69 Å². The lowest BCUT2D eigenvalue weighted by Gasteiger charge is -2.26. The number of nitrogens with two attached hydrogens (primary N) is 1. The lowest BCUT2D eigenvalue weighted by molar-refractivity contribution is -0.124. The van der Waals surface area contributed by atoms with E-state index in [9.17, 15) is 23.2 Å². The van der Waals surface area contributed by atoms with Crippen molar-refractivity contribution in [2.24, 2.45) is 5.73 Å². The fraction of sp³-hybridized carbons (Fsp3) is 0.316. The number of hydrogen-bond donors (Lipinski definition) is 2. The minimum Gasteiger partial charge on any atom is -0.368 e. The van der Waals surface area contributed by atoms with Gasteiger partial charge in [0, 0.05) is 24.4 Å². The fourth-order valence-corrected chi connectivity index (χ4v) is 3.40. The normalized spacial score (nSPS) is 19.5. The van der Waals surface area contributed by atoms with E-state index in [1.165, 1.54) is 33.9 Å². The standard InChI is InChI=1S/C19H20F2N4O3/c20-10-13-5-7-16(19(22)28)25(13)11-17(26)23-15-6-4-12(9-14(15)21)24-8-2-1-3-18(24)27/h1-4,6,8-9,13,16H,5,7,10-11H2,(H2,22,28)(H,23,26)/t13-,16?/m0/s1. The molecule has 0 spiro atoms. The molecule has 1 aliphatic rings. The van der Waals surface area contributed by atoms with Crippen molar-refractivity contribution in [1.82, 2.24) is 9.47 Å². The summed E-state index contributed by atoms with van der Waals surface area (Å²) in [6, 6.07) is 7.23. The number of carbonyl (C=O) groups excluding carboxylic acids is 2. The molecule has 1 saturated heterocycles. The molecule has 2 aromatic rings. The van der Waals surface area contributed by atoms with Crippen molar-refractivity contribution in [3.63, 3.8) is 0 Å². The first-order chi connectivity index (χ1) is 13.4. The molecule has 0 radical (unpaired) electrons. The summed E-state index contributed by atoms with van der Waals surface area (Å²) in [5.74, 6) is -1.93. The van der Waals surface area contributed by atoms with Gasteiger partial charge in [0.1, 0.15) is 12.5 Å². The number of pyridine rings is 1. The molecule has 7 nitrogen and oxygen atoms in total. The van der Waals surface area contributed by atoms with Gasteiger partial charge < -0.3 is 11.1 Å². The van der Waals surface area contributed by atoms with Crippen LogP contribution in [-0.4, -0.2) is 46.6 Å². The zero-order chi connectivity index (χ0) is 20.3. The summed E-state index contributed by atoms with van der Waals surface area (Å²) in [5, 5.41) is 2.42. The van der Waals surface area contributed by atoms with Gasteiger partial charge in [0.2, 0.25) is 11.8 Å². The number of hydrogen-bond acceptors (Lipinski definition) is 4. The largest absolute Gasteiger partial charge is 0.368 e. The van der Waals surface area contributed by atoms with Gasteiger partial charge in [-0.15, -0.1) is 0 Å². The van der Waals surface area contributed by atoms with Crippen LogP contribution in [0.15, 0.2) is 47.4 Å². The second kappa shape index (κ2) is 8.30. The van der Waals surface area contributed by atoms with E-state index in [0.29, 0.717) is 18.5 Å². The van der Waals surface area contributed by atoms with Crippen LogP contribution >= 0.6 is 0 Å². The van der Waals surface area contributed by atoms with Gasteiger partial charge in [-0.05, 0) is 31.0 Å². The van der Waals surface area contributed by atoms with Crippen molar-refractivity contribution in [3.05, 3.63) is 58.8 Å². The van der Waals surface area contributed by atoms with Gasteiger partial charge in [-0.1, -0.05) is 6.07 Å². The van der Waals surface area contributed by atoms with E-state index in [-0.39, 0.29) is 17.8 Å². The minimum absolute atomic E-state index is 0.0793. The number of anilines is 1. The molecule has 0 bridgehead atoms. The number of nitrogens with one attached hydrogen (secondary N) is 1. The lowest BCUT2D eigenvalue weighted by Crippen LogP contribution is -2.48. The van der Waals surface area contributed by atoms with Crippen LogP contribution in [0, 0.1) is 5.82 Å². The SMILES string of the molecule is NC(=O)C1CC[C@@H](CF)N1CC(=O)Nc1ccc(-n2ccccc2=O)cc1F. The first-order valence-electron chi connectivity index (χ1n) is 8.79. The number of primary amides is 1. The van der Waals surface area contributed by atoms with Gasteiger partial charge >= 0.3 is 0 Å². The second-order valence-corrected chi connectivity index (χ2v) is 6.60. The van der Waals surface area contributed by atoms with Gasteiger partial charge in [0.15, 0.2) is 0 Å². The third kappa shape index (κ3) is 4.09. The molecule has 2 heterocycles. The molecule has 1 fully saturated rings. The van der Waals surface area contributed by atoms with E-state index in [1.54, 1.807) is 12.1 Å². The number of halogens is 2. The molecular weight excluding hydrogens is 370 g/mol. The van der Waals surface area contributed by atoms with Crippen LogP contribution in [0.25, 0.3) is 5.69 Å². The van der Waals surface area contributed by atoms with Crippen LogP contribution in [-0.2, 0) is 9.59 Å². The number of rotatable bonds is 6. The third-order valence-corrected chi connectivity index (χ3v) is 4.80. The predicted molar refractivity (Wildman–Crippen MR) is 99.3 cm³/mol. The van der Waals surface area contributed by atoms with Gasteiger partial charge in [0.05, 0.1) is 24.0 Å². The molecular formula is C19H20F2N4O3. The quantitative estimate of drug-likeness (QED) is 0.775. The summed E-state index contributed by atoms with van der Waals surface area (Å²) >= 11 is 0. The van der Waals surface area contributed by atoms with Crippen LogP contribution in [0.4, 0.5) is 14.5 Å². The third-order valence-electron chi connectivity index (χ3n) is 4.80. The molecule has 3 rings (SSSR count). The Morgan fingerprint density at radius 3 is 2.64 bits per heavy atom. The van der Waals surface area contributed by atoms with E-state index in [4.69, 9.17) is 5.73 Å². The van der Waals surface area contributed by atoms with Crippen molar-refractivity contribution in [1.29, 1.82) is 0 Å². The number of carbonyl (C=O) groups is 2. The van der Waals surface area contributed by atoms with E-state index in [2.05, 4.69) is 5.32 Å². The molecule has 1 aliphatic heterocycles. The average molecular weight is 390 g/mol. The molecule has 1 unspecified atom stereocenters. The highest BCUT2D eigenvalue weighted by Crippen LogP contribution is 2.24. The molecule has 1 aromatic heterocycles. The molecule has 0 saturated carbocycles. The van der Waals surface area contributed by atoms with E-state index < -0.39 is 36.4 Å². The number of aromatic nitrogens is 1. The van der Waals surface area contributed by atoms with E-state index in [0.717, 1.165) is 6.07 Å². The van der Waals surface area contributed by atoms with Crippen molar-refractivity contribution >= 4 is 17.5 Å². The molecule has 1 aromatic carbocycles. The molecule has 2 atom stereocenters. The smallest absolute Gasteiger partial charge is 0.255 e. The Bertz CT molecular complexity index is 947. The van der Waals surface area contributed by atoms with Crippen molar-refractivity contribution in [2.75, 3.05) is 18.5 Å². The van der Waals surface area contributed by atoms with Gasteiger partial charge in [-0.2, -0.15) is 0 Å². The van der Waals surface area contributed by atoms with Crippen LogP contribution in [0.5, 0.6) is 0 Å². The van der Waals surface area contributed by atoms with Gasteiger partial charge in [-0.3, -0.25) is 23.9 Å². The lowest BCUT2D eigenvalue weighted by atomic mass is 10.2. The highest BCUT2D eigenvalue weighted by atomic mass is 19.1. The Morgan fingerprint density at radius 1 is 1.21 bits per heavy atom. The van der Waals surface area contributed by atoms with Crippen molar-refractivity contribution < 1.29 is 18.4 Å². The minimum atomic E-state index is -0.725.